The number of rotatable bonds is 6. The van der Waals surface area contributed by atoms with Gasteiger partial charge in [-0.3, -0.25) is 4.79 Å². The maximum atomic E-state index is 11.8. The first-order chi connectivity index (χ1) is 8.69. The molecule has 0 bridgehead atoms. The Morgan fingerprint density at radius 1 is 1.56 bits per heavy atom. The molecule has 0 saturated heterocycles. The fourth-order valence-corrected chi connectivity index (χ4v) is 1.67. The van der Waals surface area contributed by atoms with Crippen LogP contribution in [0.5, 0.6) is 0 Å². The molecule has 5 nitrogen and oxygen atoms in total. The topological polar surface area (TPSA) is 66.0 Å². The minimum Gasteiger partial charge on any atom is -0.374 e. The van der Waals surface area contributed by atoms with E-state index in [1.165, 1.54) is 0 Å². The van der Waals surface area contributed by atoms with Crippen LogP contribution in [0.25, 0.3) is 0 Å². The summed E-state index contributed by atoms with van der Waals surface area (Å²) in [4.78, 5) is 16.0. The second-order valence-corrected chi connectivity index (χ2v) is 4.61. The molecule has 1 atom stereocenters. The molecule has 98 valence electrons. The summed E-state index contributed by atoms with van der Waals surface area (Å²) in [5.41, 5.74) is 0.902. The third-order valence-corrected chi connectivity index (χ3v) is 2.82. The van der Waals surface area contributed by atoms with Gasteiger partial charge in [-0.2, -0.15) is 0 Å². The Balaban J connectivity index is 1.90. The number of anilines is 2. The summed E-state index contributed by atoms with van der Waals surface area (Å²) in [6, 6.07) is 3.94. The highest BCUT2D eigenvalue weighted by Gasteiger charge is 2.25. The number of hydrogen-bond donors (Lipinski definition) is 3. The third-order valence-electron chi connectivity index (χ3n) is 2.82. The first-order valence-electron chi connectivity index (χ1n) is 6.46. The second kappa shape index (κ2) is 5.71. The fraction of sp³-hybridized carbons (Fsp3) is 0.538. The van der Waals surface area contributed by atoms with Crippen LogP contribution in [0.3, 0.4) is 0 Å². The van der Waals surface area contributed by atoms with E-state index >= 15 is 0 Å². The van der Waals surface area contributed by atoms with Crippen molar-refractivity contribution >= 4 is 17.4 Å². The van der Waals surface area contributed by atoms with Crippen molar-refractivity contribution < 1.29 is 4.79 Å². The lowest BCUT2D eigenvalue weighted by Gasteiger charge is -2.15. The van der Waals surface area contributed by atoms with E-state index < -0.39 is 0 Å². The van der Waals surface area contributed by atoms with E-state index in [-0.39, 0.29) is 11.9 Å². The molecule has 0 aromatic carbocycles. The average Bonchev–Trinajstić information content (AvgIpc) is 3.14. The summed E-state index contributed by atoms with van der Waals surface area (Å²) in [7, 11) is 0. The monoisotopic (exact) mass is 248 g/mol. The molecule has 1 aromatic rings. The van der Waals surface area contributed by atoms with Gasteiger partial charge in [0.05, 0.1) is 0 Å². The molecule has 1 amide bonds. The number of amides is 1. The summed E-state index contributed by atoms with van der Waals surface area (Å²) in [6.45, 7) is 4.72. The van der Waals surface area contributed by atoms with Crippen molar-refractivity contribution in [3.05, 3.63) is 18.3 Å². The van der Waals surface area contributed by atoms with E-state index in [0.29, 0.717) is 6.04 Å². The van der Waals surface area contributed by atoms with Crippen molar-refractivity contribution in [2.75, 3.05) is 17.2 Å². The number of nitrogens with one attached hydrogen (secondary N) is 3. The molecule has 1 saturated carbocycles. The van der Waals surface area contributed by atoms with Crippen LogP contribution < -0.4 is 16.0 Å². The van der Waals surface area contributed by atoms with Gasteiger partial charge in [-0.25, -0.2) is 4.98 Å². The van der Waals surface area contributed by atoms with Gasteiger partial charge in [-0.05, 0) is 32.8 Å². The average molecular weight is 248 g/mol. The van der Waals surface area contributed by atoms with Crippen LogP contribution in [0.2, 0.25) is 0 Å². The maximum Gasteiger partial charge on any atom is 0.242 e. The molecule has 1 aliphatic carbocycles. The first-order valence-corrected chi connectivity index (χ1v) is 6.46. The summed E-state index contributed by atoms with van der Waals surface area (Å²) in [5.74, 6) is 0.872. The number of carbonyl (C=O) groups excluding carboxylic acids is 1. The molecule has 0 radical (unpaired) electrons. The van der Waals surface area contributed by atoms with Crippen molar-refractivity contribution in [1.82, 2.24) is 10.3 Å². The Bertz CT molecular complexity index is 417. The van der Waals surface area contributed by atoms with Gasteiger partial charge in [0.1, 0.15) is 11.9 Å². The highest BCUT2D eigenvalue weighted by atomic mass is 16.2. The fourth-order valence-electron chi connectivity index (χ4n) is 1.67. The highest BCUT2D eigenvalue weighted by molar-refractivity contribution is 5.84. The minimum atomic E-state index is -0.234. The van der Waals surface area contributed by atoms with Crippen LogP contribution in [0.1, 0.15) is 26.7 Å². The Kier molecular flexibility index (Phi) is 4.02. The van der Waals surface area contributed by atoms with Gasteiger partial charge >= 0.3 is 0 Å². The smallest absolute Gasteiger partial charge is 0.242 e. The second-order valence-electron chi connectivity index (χ2n) is 4.61. The lowest BCUT2D eigenvalue weighted by atomic mass is 10.2. The van der Waals surface area contributed by atoms with Gasteiger partial charge < -0.3 is 16.0 Å². The Morgan fingerprint density at radius 3 is 3.00 bits per heavy atom. The van der Waals surface area contributed by atoms with Crippen LogP contribution in [0, 0.1) is 0 Å². The molecule has 1 fully saturated rings. The normalized spacial score (nSPS) is 15.9. The van der Waals surface area contributed by atoms with Crippen molar-refractivity contribution in [2.24, 2.45) is 0 Å². The van der Waals surface area contributed by atoms with Crippen LogP contribution in [-0.2, 0) is 4.79 Å². The van der Waals surface area contributed by atoms with Crippen molar-refractivity contribution in [1.29, 1.82) is 0 Å². The Labute approximate surface area is 107 Å². The molecule has 2 rings (SSSR count). The van der Waals surface area contributed by atoms with Gasteiger partial charge in [-0.1, -0.05) is 0 Å². The molecule has 18 heavy (non-hydrogen) atoms. The molecule has 0 spiro atoms. The summed E-state index contributed by atoms with van der Waals surface area (Å²) in [5, 5.41) is 9.30. The van der Waals surface area contributed by atoms with E-state index in [4.69, 9.17) is 0 Å². The third kappa shape index (κ3) is 3.61. The first kappa shape index (κ1) is 12.7. The van der Waals surface area contributed by atoms with Gasteiger partial charge in [0.15, 0.2) is 0 Å². The van der Waals surface area contributed by atoms with E-state index in [1.807, 2.05) is 26.0 Å². The molecule has 0 aliphatic heterocycles. The van der Waals surface area contributed by atoms with Crippen LogP contribution in [0.4, 0.5) is 11.5 Å². The molecule has 1 unspecified atom stereocenters. The molecule has 1 heterocycles. The quantitative estimate of drug-likeness (QED) is 0.715. The molecular weight excluding hydrogens is 228 g/mol. The standard InChI is InChI=1S/C13H20N4O/c1-3-14-12-8-11(6-7-15-12)16-9(2)13(18)17-10-4-5-10/h6-10H,3-5H2,1-2H3,(H,17,18)(H2,14,15,16). The van der Waals surface area contributed by atoms with Crippen molar-refractivity contribution in [3.8, 4) is 0 Å². The highest BCUT2D eigenvalue weighted by Crippen LogP contribution is 2.19. The van der Waals surface area contributed by atoms with Crippen molar-refractivity contribution in [3.63, 3.8) is 0 Å². The number of pyridine rings is 1. The Hall–Kier alpha value is -1.78. The largest absolute Gasteiger partial charge is 0.374 e. The Morgan fingerprint density at radius 2 is 2.33 bits per heavy atom. The van der Waals surface area contributed by atoms with Gasteiger partial charge in [0.25, 0.3) is 0 Å². The number of hydrogen-bond acceptors (Lipinski definition) is 4. The summed E-state index contributed by atoms with van der Waals surface area (Å²) in [6.07, 6.45) is 3.95. The lowest BCUT2D eigenvalue weighted by molar-refractivity contribution is -0.121. The zero-order valence-corrected chi connectivity index (χ0v) is 10.9. The van der Waals surface area contributed by atoms with Gasteiger partial charge in [-0.15, -0.1) is 0 Å². The number of nitrogens with zero attached hydrogens (tertiary/aromatic N) is 1. The SMILES string of the molecule is CCNc1cc(NC(C)C(=O)NC2CC2)ccn1. The number of aromatic nitrogens is 1. The van der Waals surface area contributed by atoms with E-state index in [2.05, 4.69) is 20.9 Å². The summed E-state index contributed by atoms with van der Waals surface area (Å²) >= 11 is 0. The molecular formula is C13H20N4O. The van der Waals surface area contributed by atoms with Crippen LogP contribution in [0.15, 0.2) is 18.3 Å². The molecule has 1 aliphatic rings. The zero-order chi connectivity index (χ0) is 13.0. The predicted molar refractivity (Wildman–Crippen MR) is 72.7 cm³/mol. The van der Waals surface area contributed by atoms with E-state index in [1.54, 1.807) is 6.20 Å². The minimum absolute atomic E-state index is 0.0549. The molecule has 5 heteroatoms. The predicted octanol–water partition coefficient (Wildman–Crippen LogP) is 1.59. The maximum absolute atomic E-state index is 11.8. The lowest BCUT2D eigenvalue weighted by Crippen LogP contribution is -2.38. The molecule has 3 N–H and O–H groups in total. The van der Waals surface area contributed by atoms with Crippen LogP contribution in [-0.4, -0.2) is 29.5 Å². The van der Waals surface area contributed by atoms with Crippen molar-refractivity contribution in [2.45, 2.75) is 38.8 Å². The van der Waals surface area contributed by atoms with E-state index in [0.717, 1.165) is 30.9 Å². The summed E-state index contributed by atoms with van der Waals surface area (Å²) < 4.78 is 0. The van der Waals surface area contributed by atoms with Gasteiger partial charge in [0.2, 0.25) is 5.91 Å². The zero-order valence-electron chi connectivity index (χ0n) is 10.9. The van der Waals surface area contributed by atoms with Crippen LogP contribution >= 0.6 is 0 Å². The molecule has 1 aromatic heterocycles. The van der Waals surface area contributed by atoms with E-state index in [9.17, 15) is 4.79 Å². The van der Waals surface area contributed by atoms with Gasteiger partial charge in [0, 0.05) is 30.5 Å². The number of carbonyl (C=O) groups is 1.